The van der Waals surface area contributed by atoms with Crippen LogP contribution >= 0.6 is 11.6 Å². The highest BCUT2D eigenvalue weighted by Gasteiger charge is 2.20. The van der Waals surface area contributed by atoms with Crippen molar-refractivity contribution in [3.05, 3.63) is 83.3 Å². The number of carbonyl (C=O) groups is 1. The summed E-state index contributed by atoms with van der Waals surface area (Å²) in [6.45, 7) is 1.86. The van der Waals surface area contributed by atoms with E-state index in [2.05, 4.69) is 20.8 Å². The van der Waals surface area contributed by atoms with E-state index in [9.17, 15) is 4.79 Å². The number of halogens is 1. The molecule has 4 aromatic rings. The number of amides is 1. The number of carbonyl (C=O) groups excluding carboxylic acids is 1. The Kier molecular flexibility index (Phi) is 5.22. The van der Waals surface area contributed by atoms with Gasteiger partial charge in [-0.2, -0.15) is 4.68 Å². The molecule has 2 aromatic heterocycles. The third kappa shape index (κ3) is 4.09. The number of nitrogens with one attached hydrogen (secondary N) is 1. The van der Waals surface area contributed by atoms with Gasteiger partial charge < -0.3 is 9.73 Å². The molecule has 0 aliphatic carbocycles. The van der Waals surface area contributed by atoms with E-state index in [0.717, 1.165) is 11.1 Å². The SMILES string of the molecule is Cc1cc(Cl)ccc1NC(=O)/C(=C/c1ccco1)n1nnnc1-c1ccccc1. The molecular formula is C21H16ClN5O2. The quantitative estimate of drug-likeness (QED) is 0.493. The fourth-order valence-electron chi connectivity index (χ4n) is 2.80. The first kappa shape index (κ1) is 18.6. The van der Waals surface area contributed by atoms with Gasteiger partial charge >= 0.3 is 0 Å². The molecule has 0 saturated carbocycles. The van der Waals surface area contributed by atoms with E-state index < -0.39 is 5.91 Å². The van der Waals surface area contributed by atoms with E-state index in [-0.39, 0.29) is 5.70 Å². The Morgan fingerprint density at radius 2 is 1.97 bits per heavy atom. The normalized spacial score (nSPS) is 11.4. The molecule has 0 fully saturated rings. The molecule has 8 heteroatoms. The number of anilines is 1. The summed E-state index contributed by atoms with van der Waals surface area (Å²) >= 11 is 6.01. The van der Waals surface area contributed by atoms with Crippen molar-refractivity contribution >= 4 is 35.0 Å². The summed E-state index contributed by atoms with van der Waals surface area (Å²) in [4.78, 5) is 13.2. The van der Waals surface area contributed by atoms with Crippen LogP contribution in [0.3, 0.4) is 0 Å². The lowest BCUT2D eigenvalue weighted by Crippen LogP contribution is -2.19. The average Bonchev–Trinajstić information content (AvgIpc) is 3.40. The minimum atomic E-state index is -0.392. The van der Waals surface area contributed by atoms with E-state index in [0.29, 0.717) is 22.3 Å². The monoisotopic (exact) mass is 405 g/mol. The summed E-state index contributed by atoms with van der Waals surface area (Å²) in [6, 6.07) is 18.1. The summed E-state index contributed by atoms with van der Waals surface area (Å²) < 4.78 is 6.78. The van der Waals surface area contributed by atoms with Crippen LogP contribution in [0.5, 0.6) is 0 Å². The molecule has 0 aliphatic rings. The van der Waals surface area contributed by atoms with Crippen LogP contribution in [-0.2, 0) is 4.79 Å². The molecule has 29 heavy (non-hydrogen) atoms. The first-order chi connectivity index (χ1) is 14.1. The summed E-state index contributed by atoms with van der Waals surface area (Å²) in [6.07, 6.45) is 3.12. The number of benzene rings is 2. The van der Waals surface area contributed by atoms with Gasteiger partial charge in [-0.25, -0.2) is 0 Å². The molecule has 2 aromatic carbocycles. The van der Waals surface area contributed by atoms with Crippen LogP contribution in [0, 0.1) is 6.92 Å². The van der Waals surface area contributed by atoms with Crippen molar-refractivity contribution in [2.45, 2.75) is 6.92 Å². The van der Waals surface area contributed by atoms with Crippen LogP contribution in [-0.4, -0.2) is 26.1 Å². The van der Waals surface area contributed by atoms with Gasteiger partial charge in [0.05, 0.1) is 6.26 Å². The Labute approximate surface area is 171 Å². The zero-order valence-electron chi connectivity index (χ0n) is 15.4. The Morgan fingerprint density at radius 1 is 1.14 bits per heavy atom. The second kappa shape index (κ2) is 8.12. The molecule has 2 heterocycles. The highest BCUT2D eigenvalue weighted by molar-refractivity contribution is 6.31. The van der Waals surface area contributed by atoms with Crippen LogP contribution in [0.1, 0.15) is 11.3 Å². The van der Waals surface area contributed by atoms with Crippen molar-refractivity contribution in [3.8, 4) is 11.4 Å². The topological polar surface area (TPSA) is 85.8 Å². The second-order valence-electron chi connectivity index (χ2n) is 6.24. The van der Waals surface area contributed by atoms with Gasteiger partial charge in [-0.1, -0.05) is 41.9 Å². The van der Waals surface area contributed by atoms with Crippen LogP contribution in [0.15, 0.2) is 71.3 Å². The number of furan rings is 1. The average molecular weight is 406 g/mol. The van der Waals surface area contributed by atoms with Crippen molar-refractivity contribution < 1.29 is 9.21 Å². The number of hydrogen-bond donors (Lipinski definition) is 1. The number of aryl methyl sites for hydroxylation is 1. The highest BCUT2D eigenvalue weighted by atomic mass is 35.5. The highest BCUT2D eigenvalue weighted by Crippen LogP contribution is 2.24. The van der Waals surface area contributed by atoms with Gasteiger partial charge in [-0.15, -0.1) is 5.10 Å². The van der Waals surface area contributed by atoms with Gasteiger partial charge in [0.1, 0.15) is 11.5 Å². The molecule has 0 bridgehead atoms. The zero-order valence-corrected chi connectivity index (χ0v) is 16.2. The number of nitrogens with zero attached hydrogens (tertiary/aromatic N) is 4. The third-order valence-corrected chi connectivity index (χ3v) is 4.46. The molecule has 0 aliphatic heterocycles. The van der Waals surface area contributed by atoms with E-state index in [1.54, 1.807) is 36.4 Å². The van der Waals surface area contributed by atoms with Gasteiger partial charge in [0, 0.05) is 22.3 Å². The maximum atomic E-state index is 13.2. The third-order valence-electron chi connectivity index (χ3n) is 4.22. The van der Waals surface area contributed by atoms with Gasteiger partial charge in [-0.3, -0.25) is 4.79 Å². The standard InChI is InChI=1S/C21H16ClN5O2/c1-14-12-16(22)9-10-18(14)23-21(28)19(13-17-8-5-11-29-17)27-20(24-25-26-27)15-6-3-2-4-7-15/h2-13H,1H3,(H,23,28)/b19-13-. The van der Waals surface area contributed by atoms with Crippen molar-refractivity contribution in [1.82, 2.24) is 20.2 Å². The summed E-state index contributed by atoms with van der Waals surface area (Å²) in [5, 5.41) is 15.4. The second-order valence-corrected chi connectivity index (χ2v) is 6.68. The molecule has 1 N–H and O–H groups in total. The molecule has 0 saturated heterocycles. The number of hydrogen-bond acceptors (Lipinski definition) is 5. The van der Waals surface area contributed by atoms with E-state index in [1.807, 2.05) is 37.3 Å². The van der Waals surface area contributed by atoms with Crippen molar-refractivity contribution in [2.75, 3.05) is 5.32 Å². The molecule has 0 atom stereocenters. The van der Waals surface area contributed by atoms with Gasteiger partial charge in [0.25, 0.3) is 5.91 Å². The predicted molar refractivity (Wildman–Crippen MR) is 111 cm³/mol. The predicted octanol–water partition coefficient (Wildman–Crippen LogP) is 4.53. The van der Waals surface area contributed by atoms with Crippen LogP contribution in [0.4, 0.5) is 5.69 Å². The first-order valence-corrected chi connectivity index (χ1v) is 9.16. The van der Waals surface area contributed by atoms with Gasteiger partial charge in [0.2, 0.25) is 0 Å². The fraction of sp³-hybridized carbons (Fsp3) is 0.0476. The molecular weight excluding hydrogens is 390 g/mol. The van der Waals surface area contributed by atoms with E-state index >= 15 is 0 Å². The van der Waals surface area contributed by atoms with Crippen molar-refractivity contribution in [2.24, 2.45) is 0 Å². The summed E-state index contributed by atoms with van der Waals surface area (Å²) in [5.74, 6) is 0.542. The van der Waals surface area contributed by atoms with Crippen LogP contribution in [0.2, 0.25) is 5.02 Å². The van der Waals surface area contributed by atoms with E-state index in [1.165, 1.54) is 10.9 Å². The Bertz CT molecular complexity index is 1170. The van der Waals surface area contributed by atoms with Crippen molar-refractivity contribution in [1.29, 1.82) is 0 Å². The molecule has 0 spiro atoms. The lowest BCUT2D eigenvalue weighted by molar-refractivity contribution is -0.111. The fourth-order valence-corrected chi connectivity index (χ4v) is 3.03. The van der Waals surface area contributed by atoms with Gasteiger partial charge in [-0.05, 0) is 53.2 Å². The number of rotatable bonds is 5. The summed E-state index contributed by atoms with van der Waals surface area (Å²) in [7, 11) is 0. The molecule has 144 valence electrons. The minimum absolute atomic E-state index is 0.207. The maximum absolute atomic E-state index is 13.2. The lowest BCUT2D eigenvalue weighted by atomic mass is 10.2. The molecule has 4 rings (SSSR count). The first-order valence-electron chi connectivity index (χ1n) is 8.79. The number of tetrazole rings is 1. The number of aromatic nitrogens is 4. The minimum Gasteiger partial charge on any atom is -0.465 e. The van der Waals surface area contributed by atoms with Crippen LogP contribution in [0.25, 0.3) is 23.2 Å². The van der Waals surface area contributed by atoms with Crippen LogP contribution < -0.4 is 5.32 Å². The molecule has 1 amide bonds. The Morgan fingerprint density at radius 3 is 2.69 bits per heavy atom. The van der Waals surface area contributed by atoms with Crippen molar-refractivity contribution in [3.63, 3.8) is 0 Å². The largest absolute Gasteiger partial charge is 0.465 e. The maximum Gasteiger partial charge on any atom is 0.274 e. The van der Waals surface area contributed by atoms with E-state index in [4.69, 9.17) is 16.0 Å². The summed E-state index contributed by atoms with van der Waals surface area (Å²) in [5.41, 5.74) is 2.46. The van der Waals surface area contributed by atoms with Gasteiger partial charge in [0.15, 0.2) is 5.82 Å². The zero-order chi connectivity index (χ0) is 20.2. The lowest BCUT2D eigenvalue weighted by Gasteiger charge is -2.12. The molecule has 0 radical (unpaired) electrons. The molecule has 0 unspecified atom stereocenters. The smallest absolute Gasteiger partial charge is 0.274 e. The molecule has 7 nitrogen and oxygen atoms in total. The Balaban J connectivity index is 1.76. The Hall–Kier alpha value is -3.71.